The highest BCUT2D eigenvalue weighted by Gasteiger charge is 2.18. The lowest BCUT2D eigenvalue weighted by molar-refractivity contribution is 0.548. The van der Waals surface area contributed by atoms with Crippen LogP contribution >= 0.6 is 31.9 Å². The van der Waals surface area contributed by atoms with Crippen LogP contribution in [0.15, 0.2) is 44.1 Å². The summed E-state index contributed by atoms with van der Waals surface area (Å²) in [7, 11) is 0. The molecule has 0 saturated heterocycles. The second-order valence-corrected chi connectivity index (χ2v) is 6.28. The summed E-state index contributed by atoms with van der Waals surface area (Å²) in [6.07, 6.45) is 4.61. The van der Waals surface area contributed by atoms with E-state index in [2.05, 4.69) is 63.2 Å². The third kappa shape index (κ3) is 3.50. The summed E-state index contributed by atoms with van der Waals surface area (Å²) in [6, 6.07) is 6.46. The molecule has 0 aliphatic rings. The molecule has 0 amide bonds. The molecule has 1 heterocycles. The lowest BCUT2D eigenvalue weighted by atomic mass is 10.00. The van der Waals surface area contributed by atoms with Crippen molar-refractivity contribution < 1.29 is 4.42 Å². The van der Waals surface area contributed by atoms with E-state index in [0.717, 1.165) is 27.5 Å². The van der Waals surface area contributed by atoms with Crippen LogP contribution in [0.3, 0.4) is 0 Å². The second kappa shape index (κ2) is 6.73. The molecular weight excluding hydrogens is 370 g/mol. The zero-order chi connectivity index (χ0) is 13.8. The molecule has 2 aromatic rings. The van der Waals surface area contributed by atoms with Gasteiger partial charge in [0.25, 0.3) is 0 Å². The Labute approximate surface area is 130 Å². The molecule has 1 aromatic carbocycles. The van der Waals surface area contributed by atoms with E-state index < -0.39 is 0 Å². The average molecular weight is 387 g/mol. The normalized spacial score (nSPS) is 12.6. The first kappa shape index (κ1) is 14.8. The fraction of sp³-hybridized carbons (Fsp3) is 0.333. The van der Waals surface area contributed by atoms with E-state index in [-0.39, 0.29) is 6.04 Å². The third-order valence-electron chi connectivity index (χ3n) is 3.06. The fourth-order valence-corrected chi connectivity index (χ4v) is 3.07. The summed E-state index contributed by atoms with van der Waals surface area (Å²) < 4.78 is 7.46. The molecule has 0 aliphatic heterocycles. The minimum atomic E-state index is 0.143. The highest BCUT2D eigenvalue weighted by atomic mass is 79.9. The molecule has 0 radical (unpaired) electrons. The van der Waals surface area contributed by atoms with Gasteiger partial charge in [0.15, 0.2) is 0 Å². The van der Waals surface area contributed by atoms with Crippen molar-refractivity contribution in [1.82, 2.24) is 5.32 Å². The number of halogens is 2. The number of furan rings is 1. The summed E-state index contributed by atoms with van der Waals surface area (Å²) in [5, 5.41) is 3.56. The van der Waals surface area contributed by atoms with Gasteiger partial charge in [-0.05, 0) is 49.2 Å². The van der Waals surface area contributed by atoms with Gasteiger partial charge in [-0.25, -0.2) is 0 Å². The standard InChI is InChI=1S/C15H17Br2NO/c1-3-5-18-15(11-4-6-19-9-11)12-8-13(16)10(2)7-14(12)17/h4,6-9,15,18H,3,5H2,1-2H3. The van der Waals surface area contributed by atoms with Gasteiger partial charge in [-0.15, -0.1) is 0 Å². The number of benzene rings is 1. The highest BCUT2D eigenvalue weighted by Crippen LogP contribution is 2.33. The van der Waals surface area contributed by atoms with Gasteiger partial charge < -0.3 is 9.73 Å². The van der Waals surface area contributed by atoms with Gasteiger partial charge in [0.2, 0.25) is 0 Å². The van der Waals surface area contributed by atoms with Gasteiger partial charge in [0.05, 0.1) is 18.6 Å². The van der Waals surface area contributed by atoms with Gasteiger partial charge >= 0.3 is 0 Å². The van der Waals surface area contributed by atoms with Crippen LogP contribution in [0.4, 0.5) is 0 Å². The molecule has 1 unspecified atom stereocenters. The number of aryl methyl sites for hydroxylation is 1. The highest BCUT2D eigenvalue weighted by molar-refractivity contribution is 9.11. The maximum Gasteiger partial charge on any atom is 0.0953 e. The van der Waals surface area contributed by atoms with Crippen molar-refractivity contribution in [3.05, 3.63) is 56.4 Å². The van der Waals surface area contributed by atoms with Crippen LogP contribution in [0.1, 0.15) is 36.1 Å². The van der Waals surface area contributed by atoms with Gasteiger partial charge in [-0.2, -0.15) is 0 Å². The van der Waals surface area contributed by atoms with Crippen molar-refractivity contribution in [2.45, 2.75) is 26.3 Å². The third-order valence-corrected chi connectivity index (χ3v) is 4.61. The number of rotatable bonds is 5. The molecule has 0 bridgehead atoms. The Hall–Kier alpha value is -0.580. The van der Waals surface area contributed by atoms with Crippen molar-refractivity contribution in [3.63, 3.8) is 0 Å². The fourth-order valence-electron chi connectivity index (χ4n) is 2.02. The van der Waals surface area contributed by atoms with Crippen molar-refractivity contribution in [3.8, 4) is 0 Å². The largest absolute Gasteiger partial charge is 0.472 e. The lowest BCUT2D eigenvalue weighted by Gasteiger charge is -2.20. The molecule has 2 rings (SSSR count). The Balaban J connectivity index is 2.40. The SMILES string of the molecule is CCCNC(c1ccoc1)c1cc(Br)c(C)cc1Br. The molecule has 4 heteroatoms. The minimum Gasteiger partial charge on any atom is -0.472 e. The van der Waals surface area contributed by atoms with Crippen LogP contribution in [0.2, 0.25) is 0 Å². The van der Waals surface area contributed by atoms with Crippen molar-refractivity contribution in [2.24, 2.45) is 0 Å². The maximum absolute atomic E-state index is 5.22. The Bertz CT molecular complexity index is 537. The van der Waals surface area contributed by atoms with E-state index in [1.807, 2.05) is 6.07 Å². The van der Waals surface area contributed by atoms with Crippen molar-refractivity contribution in [2.75, 3.05) is 6.54 Å². The van der Waals surface area contributed by atoms with E-state index in [1.165, 1.54) is 11.1 Å². The Morgan fingerprint density at radius 1 is 1.26 bits per heavy atom. The molecule has 0 fully saturated rings. The number of nitrogens with one attached hydrogen (secondary N) is 1. The first-order valence-corrected chi connectivity index (χ1v) is 7.93. The van der Waals surface area contributed by atoms with E-state index in [9.17, 15) is 0 Å². The molecule has 1 aromatic heterocycles. The summed E-state index contributed by atoms with van der Waals surface area (Å²) in [4.78, 5) is 0. The summed E-state index contributed by atoms with van der Waals surface area (Å²) in [5.41, 5.74) is 3.58. The van der Waals surface area contributed by atoms with E-state index in [1.54, 1.807) is 12.5 Å². The summed E-state index contributed by atoms with van der Waals surface area (Å²) in [5.74, 6) is 0. The van der Waals surface area contributed by atoms with E-state index >= 15 is 0 Å². The monoisotopic (exact) mass is 385 g/mol. The van der Waals surface area contributed by atoms with Gasteiger partial charge in [0.1, 0.15) is 0 Å². The van der Waals surface area contributed by atoms with Crippen LogP contribution in [0.5, 0.6) is 0 Å². The summed E-state index contributed by atoms with van der Waals surface area (Å²) >= 11 is 7.28. The van der Waals surface area contributed by atoms with Crippen LogP contribution in [0.25, 0.3) is 0 Å². The van der Waals surface area contributed by atoms with Crippen LogP contribution in [-0.4, -0.2) is 6.54 Å². The van der Waals surface area contributed by atoms with Gasteiger partial charge in [-0.3, -0.25) is 0 Å². The molecule has 0 saturated carbocycles. The molecule has 1 atom stereocenters. The van der Waals surface area contributed by atoms with E-state index in [4.69, 9.17) is 4.42 Å². The molecule has 2 nitrogen and oxygen atoms in total. The quantitative estimate of drug-likeness (QED) is 0.763. The first-order valence-electron chi connectivity index (χ1n) is 6.34. The van der Waals surface area contributed by atoms with Gasteiger partial charge in [-0.1, -0.05) is 38.8 Å². The Morgan fingerprint density at radius 2 is 2.05 bits per heavy atom. The van der Waals surface area contributed by atoms with E-state index in [0.29, 0.717) is 0 Å². The smallest absolute Gasteiger partial charge is 0.0953 e. The molecule has 1 N–H and O–H groups in total. The van der Waals surface area contributed by atoms with Crippen molar-refractivity contribution >= 4 is 31.9 Å². The predicted molar refractivity (Wildman–Crippen MR) is 85.4 cm³/mol. The predicted octanol–water partition coefficient (Wildman–Crippen LogP) is 5.20. The zero-order valence-corrected chi connectivity index (χ0v) is 14.2. The maximum atomic E-state index is 5.22. The lowest BCUT2D eigenvalue weighted by Crippen LogP contribution is -2.23. The molecule has 0 spiro atoms. The Morgan fingerprint density at radius 3 is 2.68 bits per heavy atom. The number of hydrogen-bond acceptors (Lipinski definition) is 2. The zero-order valence-electron chi connectivity index (χ0n) is 11.0. The van der Waals surface area contributed by atoms with Crippen LogP contribution in [-0.2, 0) is 0 Å². The van der Waals surface area contributed by atoms with Crippen molar-refractivity contribution in [1.29, 1.82) is 0 Å². The number of hydrogen-bond donors (Lipinski definition) is 1. The molecule has 0 aliphatic carbocycles. The minimum absolute atomic E-state index is 0.143. The topological polar surface area (TPSA) is 25.2 Å². The van der Waals surface area contributed by atoms with Crippen LogP contribution in [0, 0.1) is 6.92 Å². The first-order chi connectivity index (χ1) is 9.13. The molecular formula is C15H17Br2NO. The average Bonchev–Trinajstić information content (AvgIpc) is 2.89. The second-order valence-electron chi connectivity index (χ2n) is 4.57. The van der Waals surface area contributed by atoms with Crippen LogP contribution < -0.4 is 5.32 Å². The molecule has 102 valence electrons. The summed E-state index contributed by atoms with van der Waals surface area (Å²) in [6.45, 7) is 5.22. The Kier molecular flexibility index (Phi) is 5.25. The molecule has 19 heavy (non-hydrogen) atoms. The van der Waals surface area contributed by atoms with Gasteiger partial charge in [0, 0.05) is 14.5 Å².